The van der Waals surface area contributed by atoms with Crippen molar-refractivity contribution in [1.82, 2.24) is 4.98 Å². The molecular formula is C24H17NOS2. The molecule has 5 rings (SSSR count). The first kappa shape index (κ1) is 17.2. The molecule has 0 aliphatic carbocycles. The summed E-state index contributed by atoms with van der Waals surface area (Å²) >= 11 is 3.57. The number of rotatable bonds is 4. The molecule has 0 atom stereocenters. The summed E-state index contributed by atoms with van der Waals surface area (Å²) in [6, 6.07) is 24.6. The van der Waals surface area contributed by atoms with Gasteiger partial charge in [0.1, 0.15) is 5.75 Å². The fourth-order valence-electron chi connectivity index (χ4n) is 3.50. The van der Waals surface area contributed by atoms with Gasteiger partial charge >= 0.3 is 0 Å². The molecule has 4 heteroatoms. The van der Waals surface area contributed by atoms with Crippen LogP contribution >= 0.6 is 22.7 Å². The molecule has 0 aliphatic rings. The van der Waals surface area contributed by atoms with Gasteiger partial charge in [0.05, 0.1) is 5.01 Å². The second kappa shape index (κ2) is 7.23. The number of thiazole rings is 1. The smallest absolute Gasteiger partial charge is 0.115 e. The van der Waals surface area contributed by atoms with Crippen LogP contribution in [0.15, 0.2) is 84.4 Å². The first-order valence-electron chi connectivity index (χ1n) is 9.06. The summed E-state index contributed by atoms with van der Waals surface area (Å²) in [6.07, 6.45) is 2.74. The van der Waals surface area contributed by atoms with Gasteiger partial charge in [0, 0.05) is 38.5 Å². The van der Waals surface area contributed by atoms with E-state index in [4.69, 9.17) is 0 Å². The summed E-state index contributed by atoms with van der Waals surface area (Å²) < 4.78 is 1.31. The summed E-state index contributed by atoms with van der Waals surface area (Å²) in [4.78, 5) is 5.84. The molecule has 0 amide bonds. The van der Waals surface area contributed by atoms with E-state index >= 15 is 0 Å². The molecule has 3 aromatic carbocycles. The summed E-state index contributed by atoms with van der Waals surface area (Å²) in [5.74, 6) is 0.289. The molecule has 136 valence electrons. The number of phenols is 1. The normalized spacial score (nSPS) is 11.1. The molecule has 1 N–H and O–H groups in total. The second-order valence-corrected chi connectivity index (χ2v) is 8.74. The van der Waals surface area contributed by atoms with Gasteiger partial charge in [-0.2, -0.15) is 0 Å². The van der Waals surface area contributed by atoms with Crippen molar-refractivity contribution in [3.8, 4) is 28.0 Å². The number of phenolic OH excluding ortho intramolecular Hbond substituents is 1. The minimum Gasteiger partial charge on any atom is -0.508 e. The molecule has 0 spiro atoms. The second-order valence-electron chi connectivity index (χ2n) is 6.62. The van der Waals surface area contributed by atoms with Gasteiger partial charge in [0.2, 0.25) is 0 Å². The third kappa shape index (κ3) is 3.21. The van der Waals surface area contributed by atoms with Crippen molar-refractivity contribution in [2.75, 3.05) is 0 Å². The van der Waals surface area contributed by atoms with E-state index in [-0.39, 0.29) is 5.75 Å². The van der Waals surface area contributed by atoms with Gasteiger partial charge in [-0.05, 0) is 34.9 Å². The topological polar surface area (TPSA) is 33.1 Å². The van der Waals surface area contributed by atoms with Crippen molar-refractivity contribution < 1.29 is 5.11 Å². The summed E-state index contributed by atoms with van der Waals surface area (Å²) in [5.41, 5.74) is 4.78. The molecule has 0 saturated carbocycles. The van der Waals surface area contributed by atoms with Crippen LogP contribution in [-0.2, 0) is 6.42 Å². The highest BCUT2D eigenvalue weighted by Crippen LogP contribution is 2.40. The molecule has 0 bridgehead atoms. The Morgan fingerprint density at radius 1 is 0.786 bits per heavy atom. The Morgan fingerprint density at radius 2 is 1.46 bits per heavy atom. The molecule has 0 saturated heterocycles. The molecular weight excluding hydrogens is 382 g/mol. The van der Waals surface area contributed by atoms with E-state index in [0.29, 0.717) is 0 Å². The maximum Gasteiger partial charge on any atom is 0.115 e. The van der Waals surface area contributed by atoms with Crippen molar-refractivity contribution >= 4 is 32.8 Å². The van der Waals surface area contributed by atoms with Crippen molar-refractivity contribution in [3.05, 3.63) is 94.3 Å². The van der Waals surface area contributed by atoms with E-state index in [0.717, 1.165) is 22.6 Å². The van der Waals surface area contributed by atoms with Crippen LogP contribution in [0.5, 0.6) is 5.75 Å². The van der Waals surface area contributed by atoms with Crippen LogP contribution in [0.2, 0.25) is 0 Å². The third-order valence-corrected chi connectivity index (χ3v) is 6.79. The minimum atomic E-state index is 0.289. The van der Waals surface area contributed by atoms with Crippen LogP contribution in [0.25, 0.3) is 32.3 Å². The van der Waals surface area contributed by atoms with Crippen molar-refractivity contribution in [2.45, 2.75) is 6.42 Å². The average molecular weight is 400 g/mol. The number of benzene rings is 3. The van der Waals surface area contributed by atoms with Gasteiger partial charge < -0.3 is 5.11 Å². The molecule has 0 unspecified atom stereocenters. The van der Waals surface area contributed by atoms with Crippen molar-refractivity contribution in [1.29, 1.82) is 0 Å². The highest BCUT2D eigenvalue weighted by Gasteiger charge is 2.15. The Morgan fingerprint density at radius 3 is 2.18 bits per heavy atom. The van der Waals surface area contributed by atoms with E-state index in [1.165, 1.54) is 26.1 Å². The van der Waals surface area contributed by atoms with E-state index in [1.807, 2.05) is 35.0 Å². The van der Waals surface area contributed by atoms with E-state index in [2.05, 4.69) is 53.5 Å². The highest BCUT2D eigenvalue weighted by atomic mass is 32.1. The molecule has 2 heterocycles. The zero-order chi connectivity index (χ0) is 18.9. The van der Waals surface area contributed by atoms with Crippen LogP contribution in [0.1, 0.15) is 9.88 Å². The van der Waals surface area contributed by atoms with Crippen molar-refractivity contribution in [3.63, 3.8) is 0 Å². The SMILES string of the molecule is Oc1ccc(-c2ccc(-c3c(Cc4nccs4)sc4ccccc34)cc2)cc1. The van der Waals surface area contributed by atoms with Gasteiger partial charge in [0.15, 0.2) is 0 Å². The number of fused-ring (bicyclic) bond motifs is 1. The summed E-state index contributed by atoms with van der Waals surface area (Å²) in [7, 11) is 0. The number of aromatic hydroxyl groups is 1. The van der Waals surface area contributed by atoms with Crippen LogP contribution in [0, 0.1) is 0 Å². The fraction of sp³-hybridized carbons (Fsp3) is 0.0417. The lowest BCUT2D eigenvalue weighted by Gasteiger charge is -2.07. The molecule has 0 radical (unpaired) electrons. The minimum absolute atomic E-state index is 0.289. The van der Waals surface area contributed by atoms with Crippen LogP contribution in [0.3, 0.4) is 0 Å². The molecule has 2 aromatic heterocycles. The Hall–Kier alpha value is -2.95. The van der Waals surface area contributed by atoms with Crippen LogP contribution < -0.4 is 0 Å². The van der Waals surface area contributed by atoms with Crippen molar-refractivity contribution in [2.24, 2.45) is 0 Å². The van der Waals surface area contributed by atoms with Gasteiger partial charge in [-0.25, -0.2) is 4.98 Å². The number of hydrogen-bond donors (Lipinski definition) is 1. The lowest BCUT2D eigenvalue weighted by molar-refractivity contribution is 0.475. The Labute approximate surface area is 171 Å². The third-order valence-electron chi connectivity index (χ3n) is 4.84. The van der Waals surface area contributed by atoms with Gasteiger partial charge in [-0.3, -0.25) is 0 Å². The number of aromatic nitrogens is 1. The van der Waals surface area contributed by atoms with Gasteiger partial charge in [-0.1, -0.05) is 54.6 Å². The van der Waals surface area contributed by atoms with Gasteiger partial charge in [0.25, 0.3) is 0 Å². The summed E-state index contributed by atoms with van der Waals surface area (Å²) in [5, 5.41) is 14.0. The predicted molar refractivity (Wildman–Crippen MR) is 119 cm³/mol. The molecule has 0 aliphatic heterocycles. The van der Waals surface area contributed by atoms with Crippen LogP contribution in [-0.4, -0.2) is 10.1 Å². The fourth-order valence-corrected chi connectivity index (χ4v) is 5.45. The maximum absolute atomic E-state index is 9.51. The lowest BCUT2D eigenvalue weighted by Crippen LogP contribution is -1.87. The Bertz CT molecular complexity index is 1220. The standard InChI is InChI=1S/C24H17NOS2/c26-19-11-9-17(10-12-19)16-5-7-18(8-6-16)24-20-3-1-2-4-21(20)28-22(24)15-23-25-13-14-27-23/h1-14,26H,15H2. The first-order valence-corrected chi connectivity index (χ1v) is 10.8. The molecule has 0 fully saturated rings. The molecule has 5 aromatic rings. The quantitative estimate of drug-likeness (QED) is 0.353. The Balaban J connectivity index is 1.59. The van der Waals surface area contributed by atoms with E-state index in [9.17, 15) is 5.11 Å². The zero-order valence-corrected chi connectivity index (χ0v) is 16.6. The molecule has 2 nitrogen and oxygen atoms in total. The number of hydrogen-bond acceptors (Lipinski definition) is 4. The Kier molecular flexibility index (Phi) is 4.43. The highest BCUT2D eigenvalue weighted by molar-refractivity contribution is 7.20. The number of nitrogens with zero attached hydrogens (tertiary/aromatic N) is 1. The lowest BCUT2D eigenvalue weighted by atomic mass is 9.97. The molecule has 28 heavy (non-hydrogen) atoms. The monoisotopic (exact) mass is 399 g/mol. The van der Waals surface area contributed by atoms with E-state index < -0.39 is 0 Å². The zero-order valence-electron chi connectivity index (χ0n) is 15.0. The maximum atomic E-state index is 9.51. The van der Waals surface area contributed by atoms with E-state index in [1.54, 1.807) is 23.5 Å². The largest absolute Gasteiger partial charge is 0.508 e. The summed E-state index contributed by atoms with van der Waals surface area (Å²) in [6.45, 7) is 0. The number of thiophene rings is 1. The predicted octanol–water partition coefficient (Wildman–Crippen LogP) is 6.99. The average Bonchev–Trinajstić information content (AvgIpc) is 3.36. The van der Waals surface area contributed by atoms with Gasteiger partial charge in [-0.15, -0.1) is 22.7 Å². The first-order chi connectivity index (χ1) is 13.8. The van der Waals surface area contributed by atoms with Crippen LogP contribution in [0.4, 0.5) is 0 Å².